The lowest BCUT2D eigenvalue weighted by Gasteiger charge is -2.30. The van der Waals surface area contributed by atoms with E-state index < -0.39 is 0 Å². The van der Waals surface area contributed by atoms with Gasteiger partial charge in [0.25, 0.3) is 0 Å². The van der Waals surface area contributed by atoms with Crippen LogP contribution >= 0.6 is 0 Å². The van der Waals surface area contributed by atoms with E-state index in [-0.39, 0.29) is 6.71 Å². The molecule has 1 aliphatic rings. The van der Waals surface area contributed by atoms with Gasteiger partial charge in [-0.1, -0.05) is 64.5 Å². The van der Waals surface area contributed by atoms with Crippen LogP contribution in [0.1, 0.15) is 16.7 Å². The third kappa shape index (κ3) is 2.76. The van der Waals surface area contributed by atoms with E-state index in [1.54, 1.807) is 0 Å². The largest absolute Gasteiger partial charge is 0.303 e. The molecule has 25 heavy (non-hydrogen) atoms. The van der Waals surface area contributed by atoms with Crippen LogP contribution in [-0.2, 0) is 0 Å². The maximum absolute atomic E-state index is 4.52. The van der Waals surface area contributed by atoms with Gasteiger partial charge in [-0.25, -0.2) is 4.98 Å². The molecule has 122 valence electrons. The SMILES string of the molecule is Cc1cc(C)c(B2C=CN(c3ccccn3)c3ccccc32)c(C)c1. The molecule has 0 atom stereocenters. The normalized spacial score (nSPS) is 13.1. The first-order chi connectivity index (χ1) is 12.1. The van der Waals surface area contributed by atoms with Crippen molar-refractivity contribution in [2.24, 2.45) is 0 Å². The van der Waals surface area contributed by atoms with Crippen molar-refractivity contribution in [1.82, 2.24) is 4.98 Å². The number of aryl methyl sites for hydroxylation is 3. The summed E-state index contributed by atoms with van der Waals surface area (Å²) in [7, 11) is 0. The summed E-state index contributed by atoms with van der Waals surface area (Å²) in [5.41, 5.74) is 7.97. The summed E-state index contributed by atoms with van der Waals surface area (Å²) >= 11 is 0. The van der Waals surface area contributed by atoms with Crippen molar-refractivity contribution in [1.29, 1.82) is 0 Å². The Kier molecular flexibility index (Phi) is 3.93. The van der Waals surface area contributed by atoms with E-state index in [1.165, 1.54) is 33.3 Å². The fourth-order valence-corrected chi connectivity index (χ4v) is 3.96. The van der Waals surface area contributed by atoms with Crippen molar-refractivity contribution in [3.63, 3.8) is 0 Å². The van der Waals surface area contributed by atoms with Gasteiger partial charge in [-0.2, -0.15) is 0 Å². The van der Waals surface area contributed by atoms with E-state index in [0.717, 1.165) is 5.82 Å². The van der Waals surface area contributed by atoms with Gasteiger partial charge < -0.3 is 4.90 Å². The molecule has 4 rings (SSSR count). The molecule has 1 aromatic heterocycles. The van der Waals surface area contributed by atoms with Crippen molar-refractivity contribution in [3.05, 3.63) is 89.7 Å². The van der Waals surface area contributed by atoms with Crippen molar-refractivity contribution in [2.45, 2.75) is 20.8 Å². The molecule has 0 radical (unpaired) electrons. The van der Waals surface area contributed by atoms with E-state index in [0.29, 0.717) is 0 Å². The molecule has 0 unspecified atom stereocenters. The van der Waals surface area contributed by atoms with E-state index in [9.17, 15) is 0 Å². The molecule has 0 bridgehead atoms. The standard InChI is InChI=1S/C22H21BN2/c1-16-14-17(2)22(18(3)15-16)23-11-13-25(21-10-6-7-12-24-21)20-9-5-4-8-19(20)23/h4-15H,1-3H3. The van der Waals surface area contributed by atoms with Gasteiger partial charge in [0.15, 0.2) is 0 Å². The maximum Gasteiger partial charge on any atom is 0.238 e. The van der Waals surface area contributed by atoms with Gasteiger partial charge in [-0.3, -0.25) is 0 Å². The Hall–Kier alpha value is -2.81. The van der Waals surface area contributed by atoms with Crippen LogP contribution in [-0.4, -0.2) is 11.7 Å². The average molecular weight is 324 g/mol. The maximum atomic E-state index is 4.52. The fourth-order valence-electron chi connectivity index (χ4n) is 3.96. The van der Waals surface area contributed by atoms with Crippen LogP contribution in [0.4, 0.5) is 11.5 Å². The number of fused-ring (bicyclic) bond motifs is 1. The molecule has 0 aliphatic carbocycles. The van der Waals surface area contributed by atoms with Gasteiger partial charge in [0.1, 0.15) is 5.82 Å². The molecule has 2 heterocycles. The first-order valence-electron chi connectivity index (χ1n) is 8.70. The molecule has 3 heteroatoms. The quantitative estimate of drug-likeness (QED) is 0.666. The van der Waals surface area contributed by atoms with E-state index >= 15 is 0 Å². The Morgan fingerprint density at radius 1 is 0.880 bits per heavy atom. The van der Waals surface area contributed by atoms with Crippen molar-refractivity contribution in [2.75, 3.05) is 4.90 Å². The minimum absolute atomic E-state index is 0.275. The number of rotatable bonds is 2. The van der Waals surface area contributed by atoms with E-state index in [1.807, 2.05) is 24.4 Å². The number of nitrogens with zero attached hydrogens (tertiary/aromatic N) is 2. The van der Waals surface area contributed by atoms with Crippen LogP contribution < -0.4 is 15.8 Å². The van der Waals surface area contributed by atoms with Gasteiger partial charge in [0, 0.05) is 11.9 Å². The lowest BCUT2D eigenvalue weighted by atomic mass is 9.38. The monoisotopic (exact) mass is 324 g/mol. The van der Waals surface area contributed by atoms with Gasteiger partial charge in [-0.15, -0.1) is 0 Å². The zero-order valence-electron chi connectivity index (χ0n) is 14.9. The summed E-state index contributed by atoms with van der Waals surface area (Å²) in [4.78, 5) is 6.69. The van der Waals surface area contributed by atoms with E-state index in [2.05, 4.69) is 79.2 Å². The molecule has 0 amide bonds. The third-order valence-electron chi connectivity index (χ3n) is 4.90. The summed E-state index contributed by atoms with van der Waals surface area (Å²) in [6.07, 6.45) is 4.00. The number of benzene rings is 2. The summed E-state index contributed by atoms with van der Waals surface area (Å²) in [6.45, 7) is 6.88. The van der Waals surface area contributed by atoms with Crippen molar-refractivity contribution < 1.29 is 0 Å². The Labute approximate surface area is 149 Å². The van der Waals surface area contributed by atoms with E-state index in [4.69, 9.17) is 0 Å². The number of pyridine rings is 1. The third-order valence-corrected chi connectivity index (χ3v) is 4.90. The molecule has 0 saturated carbocycles. The number of hydrogen-bond acceptors (Lipinski definition) is 2. The zero-order valence-corrected chi connectivity index (χ0v) is 14.9. The molecule has 0 saturated heterocycles. The number of anilines is 2. The van der Waals surface area contributed by atoms with Gasteiger partial charge >= 0.3 is 0 Å². The fraction of sp³-hybridized carbons (Fsp3) is 0.136. The number of hydrogen-bond donors (Lipinski definition) is 0. The Morgan fingerprint density at radius 2 is 1.60 bits per heavy atom. The highest BCUT2D eigenvalue weighted by molar-refractivity contribution is 6.91. The van der Waals surface area contributed by atoms with Crippen LogP contribution in [0.25, 0.3) is 0 Å². The summed E-state index contributed by atoms with van der Waals surface area (Å²) in [5.74, 6) is 3.24. The molecule has 2 aromatic carbocycles. The second kappa shape index (κ2) is 6.25. The van der Waals surface area contributed by atoms with Crippen LogP contribution in [0.15, 0.2) is 73.0 Å². The summed E-state index contributed by atoms with van der Waals surface area (Å²) in [5, 5.41) is 0. The summed E-state index contributed by atoms with van der Waals surface area (Å²) in [6, 6.07) is 19.2. The predicted octanol–water partition coefficient (Wildman–Crippen LogP) is 3.82. The highest BCUT2D eigenvalue weighted by Crippen LogP contribution is 2.26. The van der Waals surface area contributed by atoms with Gasteiger partial charge in [0.2, 0.25) is 6.71 Å². The topological polar surface area (TPSA) is 16.1 Å². The van der Waals surface area contributed by atoms with Gasteiger partial charge in [-0.05, 0) is 50.6 Å². The first-order valence-corrected chi connectivity index (χ1v) is 8.70. The highest BCUT2D eigenvalue weighted by atomic mass is 15.2. The minimum Gasteiger partial charge on any atom is -0.303 e. The Bertz CT molecular complexity index is 924. The Morgan fingerprint density at radius 3 is 2.32 bits per heavy atom. The lowest BCUT2D eigenvalue weighted by molar-refractivity contribution is 1.18. The predicted molar refractivity (Wildman–Crippen MR) is 108 cm³/mol. The number of aromatic nitrogens is 1. The highest BCUT2D eigenvalue weighted by Gasteiger charge is 2.28. The minimum atomic E-state index is 0.275. The van der Waals surface area contributed by atoms with Crippen molar-refractivity contribution >= 4 is 29.1 Å². The first kappa shape index (κ1) is 15.7. The van der Waals surface area contributed by atoms with Gasteiger partial charge in [0.05, 0.1) is 0 Å². The molecular formula is C22H21BN2. The van der Waals surface area contributed by atoms with Crippen LogP contribution in [0.2, 0.25) is 0 Å². The molecule has 2 nitrogen and oxygen atoms in total. The second-order valence-corrected chi connectivity index (χ2v) is 6.75. The van der Waals surface area contributed by atoms with Crippen LogP contribution in [0.5, 0.6) is 0 Å². The average Bonchev–Trinajstić information content (AvgIpc) is 2.62. The lowest BCUT2D eigenvalue weighted by Crippen LogP contribution is -2.47. The van der Waals surface area contributed by atoms with Crippen LogP contribution in [0.3, 0.4) is 0 Å². The second-order valence-electron chi connectivity index (χ2n) is 6.75. The zero-order chi connectivity index (χ0) is 17.4. The molecule has 0 N–H and O–H groups in total. The summed E-state index contributed by atoms with van der Waals surface area (Å²) < 4.78 is 0. The molecular weight excluding hydrogens is 303 g/mol. The molecule has 0 fully saturated rings. The van der Waals surface area contributed by atoms with Crippen molar-refractivity contribution in [3.8, 4) is 0 Å². The number of para-hydroxylation sites is 1. The smallest absolute Gasteiger partial charge is 0.238 e. The van der Waals surface area contributed by atoms with Crippen LogP contribution in [0, 0.1) is 20.8 Å². The molecule has 1 aliphatic heterocycles. The molecule has 3 aromatic rings. The Balaban J connectivity index is 1.86. The molecule has 0 spiro atoms.